The number of thioether (sulfide) groups is 1. The van der Waals surface area contributed by atoms with E-state index in [2.05, 4.69) is 5.32 Å². The van der Waals surface area contributed by atoms with E-state index in [-0.39, 0.29) is 11.3 Å². The zero-order valence-corrected chi connectivity index (χ0v) is 13.8. The zero-order chi connectivity index (χ0) is 17.0. The molecule has 3 rings (SSSR count). The molecule has 128 valence electrons. The van der Waals surface area contributed by atoms with Gasteiger partial charge in [-0.25, -0.2) is 4.79 Å². The van der Waals surface area contributed by atoms with E-state index in [1.165, 1.54) is 0 Å². The molecular formula is C15H22N2O5S. The molecule has 0 bridgehead atoms. The van der Waals surface area contributed by atoms with Crippen molar-refractivity contribution in [2.45, 2.75) is 37.3 Å². The lowest BCUT2D eigenvalue weighted by atomic mass is 9.84. The van der Waals surface area contributed by atoms with Gasteiger partial charge in [0.1, 0.15) is 5.54 Å². The van der Waals surface area contributed by atoms with E-state index in [4.69, 9.17) is 5.73 Å². The van der Waals surface area contributed by atoms with Gasteiger partial charge in [-0.3, -0.25) is 9.59 Å². The zero-order valence-electron chi connectivity index (χ0n) is 12.9. The number of carboxylic acids is 2. The summed E-state index contributed by atoms with van der Waals surface area (Å²) < 4.78 is 0. The Morgan fingerprint density at radius 2 is 1.96 bits per heavy atom. The van der Waals surface area contributed by atoms with Gasteiger partial charge < -0.3 is 21.3 Å². The van der Waals surface area contributed by atoms with Gasteiger partial charge in [-0.2, -0.15) is 11.8 Å². The van der Waals surface area contributed by atoms with Gasteiger partial charge in [-0.1, -0.05) is 0 Å². The fourth-order valence-corrected chi connectivity index (χ4v) is 5.03. The van der Waals surface area contributed by atoms with E-state index in [9.17, 15) is 24.6 Å². The lowest BCUT2D eigenvalue weighted by molar-refractivity contribution is -0.150. The second kappa shape index (κ2) is 5.37. The highest BCUT2D eigenvalue weighted by molar-refractivity contribution is 7.98. The Labute approximate surface area is 138 Å². The SMILES string of the molecule is CSCC[C@H](N)C(=O)NC1(C(=O)O)CC2(CC2)C2C1[C@H]2C(=O)O. The van der Waals surface area contributed by atoms with E-state index < -0.39 is 41.3 Å². The van der Waals surface area contributed by atoms with Crippen LogP contribution in [0, 0.1) is 23.2 Å². The average Bonchev–Trinajstić information content (AvgIpc) is 3.35. The summed E-state index contributed by atoms with van der Waals surface area (Å²) in [6, 6.07) is -0.769. The van der Waals surface area contributed by atoms with Crippen molar-refractivity contribution in [3.8, 4) is 0 Å². The van der Waals surface area contributed by atoms with Crippen molar-refractivity contribution < 1.29 is 24.6 Å². The number of amides is 1. The molecule has 3 aliphatic carbocycles. The van der Waals surface area contributed by atoms with Gasteiger partial charge in [0.25, 0.3) is 0 Å². The maximum Gasteiger partial charge on any atom is 0.329 e. The number of hydrogen-bond acceptors (Lipinski definition) is 5. The number of fused-ring (bicyclic) bond motifs is 2. The topological polar surface area (TPSA) is 130 Å². The van der Waals surface area contributed by atoms with Crippen LogP contribution in [0.1, 0.15) is 25.7 Å². The third-order valence-corrected chi connectivity index (χ3v) is 6.45. The second-order valence-electron chi connectivity index (χ2n) is 7.11. The number of aliphatic carboxylic acids is 2. The quantitative estimate of drug-likeness (QED) is 0.517. The van der Waals surface area contributed by atoms with Gasteiger partial charge >= 0.3 is 11.9 Å². The predicted octanol–water partition coefficient (Wildman–Crippen LogP) is 0.137. The van der Waals surface area contributed by atoms with Crippen molar-refractivity contribution in [2.24, 2.45) is 28.9 Å². The normalized spacial score (nSPS) is 37.0. The van der Waals surface area contributed by atoms with E-state index in [0.717, 1.165) is 12.8 Å². The molecular weight excluding hydrogens is 320 g/mol. The minimum absolute atomic E-state index is 0.126. The summed E-state index contributed by atoms with van der Waals surface area (Å²) in [7, 11) is 0. The van der Waals surface area contributed by atoms with Crippen LogP contribution in [0.3, 0.4) is 0 Å². The Balaban J connectivity index is 1.80. The van der Waals surface area contributed by atoms with Gasteiger partial charge in [0.05, 0.1) is 12.0 Å². The third-order valence-electron chi connectivity index (χ3n) is 5.80. The summed E-state index contributed by atoms with van der Waals surface area (Å²) >= 11 is 1.56. The molecule has 0 aliphatic heterocycles. The fourth-order valence-electron chi connectivity index (χ4n) is 4.54. The molecule has 0 radical (unpaired) electrons. The van der Waals surface area contributed by atoms with Crippen molar-refractivity contribution >= 4 is 29.6 Å². The first kappa shape index (κ1) is 16.6. The Morgan fingerprint density at radius 1 is 1.30 bits per heavy atom. The van der Waals surface area contributed by atoms with Gasteiger partial charge in [0, 0.05) is 5.92 Å². The molecule has 1 spiro atoms. The number of carbonyl (C=O) groups excluding carboxylic acids is 1. The third kappa shape index (κ3) is 2.42. The Bertz CT molecular complexity index is 564. The predicted molar refractivity (Wildman–Crippen MR) is 83.9 cm³/mol. The van der Waals surface area contributed by atoms with Gasteiger partial charge in [-0.15, -0.1) is 0 Å². The first-order chi connectivity index (χ1) is 10.8. The van der Waals surface area contributed by atoms with Crippen LogP contribution in [-0.2, 0) is 14.4 Å². The molecule has 1 amide bonds. The van der Waals surface area contributed by atoms with Crippen LogP contribution >= 0.6 is 11.8 Å². The summed E-state index contributed by atoms with van der Waals surface area (Å²) in [6.07, 6.45) is 4.39. The highest BCUT2D eigenvalue weighted by atomic mass is 32.2. The molecule has 3 unspecified atom stereocenters. The minimum atomic E-state index is -1.47. The minimum Gasteiger partial charge on any atom is -0.481 e. The van der Waals surface area contributed by atoms with Crippen LogP contribution in [0.5, 0.6) is 0 Å². The van der Waals surface area contributed by atoms with Crippen molar-refractivity contribution in [3.05, 3.63) is 0 Å². The highest BCUT2D eigenvalue weighted by Gasteiger charge is 2.82. The lowest BCUT2D eigenvalue weighted by Crippen LogP contribution is -2.59. The fraction of sp³-hybridized carbons (Fsp3) is 0.800. The molecule has 0 heterocycles. The molecule has 8 heteroatoms. The number of carboxylic acid groups (broad SMARTS) is 2. The van der Waals surface area contributed by atoms with E-state index in [0.29, 0.717) is 18.6 Å². The van der Waals surface area contributed by atoms with Crippen LogP contribution in [0.4, 0.5) is 0 Å². The average molecular weight is 342 g/mol. The molecule has 23 heavy (non-hydrogen) atoms. The molecule has 5 N–H and O–H groups in total. The van der Waals surface area contributed by atoms with Crippen LogP contribution in [0.15, 0.2) is 0 Å². The number of nitrogens with one attached hydrogen (secondary N) is 1. The van der Waals surface area contributed by atoms with Gasteiger partial charge in [0.15, 0.2) is 0 Å². The summed E-state index contributed by atoms with van der Waals surface area (Å²) in [5.74, 6) is -3.18. The number of rotatable bonds is 7. The Hall–Kier alpha value is -1.28. The molecule has 0 aromatic heterocycles. The molecule has 0 saturated heterocycles. The van der Waals surface area contributed by atoms with E-state index >= 15 is 0 Å². The van der Waals surface area contributed by atoms with Crippen LogP contribution in [-0.4, -0.2) is 51.6 Å². The largest absolute Gasteiger partial charge is 0.481 e. The number of nitrogens with two attached hydrogens (primary N) is 1. The van der Waals surface area contributed by atoms with Crippen LogP contribution in [0.2, 0.25) is 0 Å². The molecule has 0 aromatic carbocycles. The highest BCUT2D eigenvalue weighted by Crippen LogP contribution is 2.78. The van der Waals surface area contributed by atoms with Crippen molar-refractivity contribution in [1.82, 2.24) is 5.32 Å². The molecule has 3 fully saturated rings. The standard InChI is InChI=1S/C15H22N2O5S/c1-23-5-2-7(16)11(18)17-15(13(21)22)6-14(3-4-14)9-8(10(9)15)12(19)20/h7-10H,2-6,16H2,1H3,(H,17,18)(H,19,20)(H,21,22)/t7-,8-,9?,10?,15?/m0/s1. The summed E-state index contributed by atoms with van der Waals surface area (Å²) in [5.41, 5.74) is 4.16. The van der Waals surface area contributed by atoms with Gasteiger partial charge in [-0.05, 0) is 49.0 Å². The van der Waals surface area contributed by atoms with Gasteiger partial charge in [0.2, 0.25) is 5.91 Å². The maximum atomic E-state index is 12.3. The van der Waals surface area contributed by atoms with Crippen molar-refractivity contribution in [2.75, 3.05) is 12.0 Å². The van der Waals surface area contributed by atoms with E-state index in [1.54, 1.807) is 11.8 Å². The van der Waals surface area contributed by atoms with E-state index in [1.807, 2.05) is 6.26 Å². The smallest absolute Gasteiger partial charge is 0.329 e. The Kier molecular flexibility index (Phi) is 3.87. The summed E-state index contributed by atoms with van der Waals surface area (Å²) in [5, 5.41) is 21.8. The maximum absolute atomic E-state index is 12.3. The van der Waals surface area contributed by atoms with Crippen molar-refractivity contribution in [1.29, 1.82) is 0 Å². The summed E-state index contributed by atoms with van der Waals surface area (Å²) in [4.78, 5) is 35.7. The first-order valence-corrected chi connectivity index (χ1v) is 9.21. The molecule has 7 nitrogen and oxygen atoms in total. The molecule has 3 saturated carbocycles. The molecule has 5 atom stereocenters. The lowest BCUT2D eigenvalue weighted by Gasteiger charge is -2.31. The Morgan fingerprint density at radius 3 is 2.43 bits per heavy atom. The van der Waals surface area contributed by atoms with Crippen LogP contribution in [0.25, 0.3) is 0 Å². The first-order valence-electron chi connectivity index (χ1n) is 7.82. The summed E-state index contributed by atoms with van der Waals surface area (Å²) in [6.45, 7) is 0. The molecule has 0 aromatic rings. The van der Waals surface area contributed by atoms with Crippen molar-refractivity contribution in [3.63, 3.8) is 0 Å². The number of hydrogen-bond donors (Lipinski definition) is 4. The monoisotopic (exact) mass is 342 g/mol. The number of carbonyl (C=O) groups is 3. The molecule has 3 aliphatic rings. The van der Waals surface area contributed by atoms with Crippen LogP contribution < -0.4 is 11.1 Å². The second-order valence-corrected chi connectivity index (χ2v) is 8.09.